The first-order valence-corrected chi connectivity index (χ1v) is 16.9. The summed E-state index contributed by atoms with van der Waals surface area (Å²) < 4.78 is 38.0. The van der Waals surface area contributed by atoms with Gasteiger partial charge < -0.3 is 38.3 Å². The third kappa shape index (κ3) is 11.7. The number of nitrogens with zero attached hydrogens (tertiary/aromatic N) is 6. The summed E-state index contributed by atoms with van der Waals surface area (Å²) in [5, 5.41) is 10.5. The van der Waals surface area contributed by atoms with Crippen molar-refractivity contribution in [3.05, 3.63) is 67.3 Å². The van der Waals surface area contributed by atoms with Crippen molar-refractivity contribution in [2.24, 2.45) is 0 Å². The minimum atomic E-state index is -1.07. The molecule has 4 rings (SSSR count). The molecule has 2 aromatic rings. The van der Waals surface area contributed by atoms with Crippen molar-refractivity contribution in [1.29, 1.82) is 0 Å². The number of hydrogen-bond donors (Lipinski definition) is 2. The van der Waals surface area contributed by atoms with Crippen LogP contribution in [0.5, 0.6) is 0 Å². The number of ether oxygens (including phenoxy) is 7. The second kappa shape index (κ2) is 23.1. The molecule has 56 heavy (non-hydrogen) atoms. The smallest absolute Gasteiger partial charge is 0.336 e. The Labute approximate surface area is 322 Å². The second-order valence-corrected chi connectivity index (χ2v) is 11.7. The average Bonchev–Trinajstić information content (AvgIpc) is 3.57. The van der Waals surface area contributed by atoms with Crippen LogP contribution in [0.2, 0.25) is 0 Å². The number of carbonyl (C=O) groups excluding carboxylic acids is 4. The molecular formula is C34H53N7O15. The molecule has 0 radical (unpaired) electrons. The van der Waals surface area contributed by atoms with Gasteiger partial charge in [-0.05, 0) is 12.5 Å². The number of nitrogens with one attached hydrogen (secondary N) is 1. The van der Waals surface area contributed by atoms with E-state index >= 15 is 0 Å². The summed E-state index contributed by atoms with van der Waals surface area (Å²) >= 11 is 0. The molecule has 2 N–H and O–H groups in total. The van der Waals surface area contributed by atoms with E-state index in [0.29, 0.717) is 21.3 Å². The maximum Gasteiger partial charge on any atom is 0.336 e. The van der Waals surface area contributed by atoms with E-state index in [-0.39, 0.29) is 67.8 Å². The Bertz CT molecular complexity index is 1750. The van der Waals surface area contributed by atoms with Crippen LogP contribution in [-0.4, -0.2) is 150 Å². The van der Waals surface area contributed by atoms with Gasteiger partial charge in [-0.25, -0.2) is 33.1 Å². The summed E-state index contributed by atoms with van der Waals surface area (Å²) in [5.41, 5.74) is -2.54. The predicted octanol–water partition coefficient (Wildman–Crippen LogP) is -0.152. The van der Waals surface area contributed by atoms with Crippen LogP contribution in [0.3, 0.4) is 0 Å². The highest BCUT2D eigenvalue weighted by molar-refractivity contribution is 5.85. The lowest BCUT2D eigenvalue weighted by atomic mass is 10.1. The highest BCUT2D eigenvalue weighted by Crippen LogP contribution is 2.35. The summed E-state index contributed by atoms with van der Waals surface area (Å²) in [5.74, 6) is -1.58. The van der Waals surface area contributed by atoms with Crippen LogP contribution in [0.1, 0.15) is 46.3 Å². The molecule has 2 fully saturated rings. The van der Waals surface area contributed by atoms with Gasteiger partial charge >= 0.3 is 41.1 Å². The number of aromatic amines is 1. The first-order chi connectivity index (χ1) is 26.0. The zero-order valence-electron chi connectivity index (χ0n) is 30.2. The van der Waals surface area contributed by atoms with E-state index in [9.17, 15) is 38.7 Å². The fourth-order valence-corrected chi connectivity index (χ4v) is 5.69. The zero-order valence-corrected chi connectivity index (χ0v) is 30.2. The maximum absolute atomic E-state index is 13.5. The van der Waals surface area contributed by atoms with Gasteiger partial charge in [0.25, 0.3) is 0 Å². The molecule has 1 aromatic heterocycles. The van der Waals surface area contributed by atoms with Gasteiger partial charge in [0.15, 0.2) is 19.1 Å². The number of carbonyl (C=O) groups is 4. The van der Waals surface area contributed by atoms with E-state index in [1.165, 1.54) is 33.8 Å². The minimum absolute atomic E-state index is 0. The molecule has 2 aliphatic heterocycles. The fourth-order valence-electron chi connectivity index (χ4n) is 5.69. The van der Waals surface area contributed by atoms with E-state index in [1.54, 1.807) is 37.3 Å². The van der Waals surface area contributed by atoms with Gasteiger partial charge in [-0.3, -0.25) is 34.2 Å². The Morgan fingerprint density at radius 2 is 1.21 bits per heavy atom. The molecule has 3 heterocycles. The monoisotopic (exact) mass is 799 g/mol. The van der Waals surface area contributed by atoms with Gasteiger partial charge in [-0.2, -0.15) is 0 Å². The van der Waals surface area contributed by atoms with Gasteiger partial charge in [0.2, 0.25) is 0 Å². The minimum Gasteiger partial charge on any atom is -0.463 e. The van der Waals surface area contributed by atoms with E-state index in [0.717, 1.165) is 0 Å². The number of aromatic nitrogens is 3. The molecule has 314 valence electrons. The highest BCUT2D eigenvalue weighted by atomic mass is 16.7. The van der Waals surface area contributed by atoms with Crippen molar-refractivity contribution in [2.75, 3.05) is 74.4 Å². The number of urea groups is 2. The number of aliphatic hydroxyl groups is 1. The Hall–Kier alpha value is -5.13. The van der Waals surface area contributed by atoms with Gasteiger partial charge in [-0.1, -0.05) is 45.2 Å². The average molecular weight is 800 g/mol. The Kier molecular flexibility index (Phi) is 19.4. The lowest BCUT2D eigenvalue weighted by Gasteiger charge is -2.29. The molecule has 22 nitrogen and oxygen atoms in total. The number of benzene rings is 1. The quantitative estimate of drug-likeness (QED) is 0.0844. The number of H-pyrrole nitrogens is 1. The van der Waals surface area contributed by atoms with E-state index in [4.69, 9.17) is 33.2 Å². The molecular weight excluding hydrogens is 746 g/mol. The van der Waals surface area contributed by atoms with Gasteiger partial charge in [0.1, 0.15) is 39.6 Å². The summed E-state index contributed by atoms with van der Waals surface area (Å²) in [6, 6.07) is 7.68. The summed E-state index contributed by atoms with van der Waals surface area (Å²) in [4.78, 5) is 96.0. The molecule has 2 saturated heterocycles. The van der Waals surface area contributed by atoms with Crippen LogP contribution >= 0.6 is 0 Å². The predicted molar refractivity (Wildman–Crippen MR) is 194 cm³/mol. The van der Waals surface area contributed by atoms with Crippen LogP contribution in [-0.2, 0) is 55.8 Å². The third-order valence-corrected chi connectivity index (χ3v) is 8.23. The lowest BCUT2D eigenvalue weighted by molar-refractivity contribution is -0.160. The fraction of sp³-hybridized carbons (Fsp3) is 0.618. The molecule has 22 heteroatoms. The number of aliphatic hydroxyl groups excluding tert-OH is 1. The SMILES string of the molecule is C.C.CCOCCOC(=O)CCn1c(=O)[nH]c(=O)n(CCC(=O)OCOCN2C(=O)N(COC)C3C2N(COCC(O)c2ccccc2)C(=O)N3COC)c1=O. The van der Waals surface area contributed by atoms with E-state index < -0.39 is 86.0 Å². The Balaban J connectivity index is 0.00000541. The number of rotatable bonds is 23. The molecule has 0 aliphatic carbocycles. The molecule has 0 spiro atoms. The first kappa shape index (κ1) is 47.0. The van der Waals surface area contributed by atoms with Crippen molar-refractivity contribution >= 4 is 24.0 Å². The van der Waals surface area contributed by atoms with Crippen molar-refractivity contribution in [3.63, 3.8) is 0 Å². The van der Waals surface area contributed by atoms with Crippen LogP contribution in [0.15, 0.2) is 44.7 Å². The van der Waals surface area contributed by atoms with Crippen molar-refractivity contribution in [2.45, 2.75) is 66.1 Å². The van der Waals surface area contributed by atoms with Crippen molar-refractivity contribution < 1.29 is 57.4 Å². The molecule has 3 atom stereocenters. The number of esters is 2. The molecule has 4 amide bonds. The number of hydrogen-bond acceptors (Lipinski definition) is 15. The standard InChI is InChI=1S/C32H45N7O15.2CH4/c1-4-50-14-15-53-24(41)10-12-34-28(43)33-29(44)35(30(34)45)13-11-25(42)54-21-52-20-39-27-26(37(18-49-3)32(39)47)36(17-48-2)31(46)38(27)19-51-16-23(40)22-8-6-5-7-9-22;;/h5-9,23,26-27,40H,4,10-21H2,1-3H3,(H,33,43,44);2*1H4. The van der Waals surface area contributed by atoms with Gasteiger partial charge in [0, 0.05) is 33.9 Å². The molecule has 0 bridgehead atoms. The summed E-state index contributed by atoms with van der Waals surface area (Å²) in [6.45, 7) is -0.400. The topological polar surface area (TPSA) is 243 Å². The van der Waals surface area contributed by atoms with Crippen LogP contribution in [0, 0.1) is 0 Å². The van der Waals surface area contributed by atoms with Crippen LogP contribution < -0.4 is 17.1 Å². The largest absolute Gasteiger partial charge is 0.463 e. The molecule has 0 saturated carbocycles. The van der Waals surface area contributed by atoms with E-state index in [1.807, 2.05) is 4.98 Å². The van der Waals surface area contributed by atoms with Crippen molar-refractivity contribution in [1.82, 2.24) is 33.7 Å². The van der Waals surface area contributed by atoms with Gasteiger partial charge in [-0.15, -0.1) is 0 Å². The maximum atomic E-state index is 13.5. The Morgan fingerprint density at radius 1 is 0.714 bits per heavy atom. The van der Waals surface area contributed by atoms with Gasteiger partial charge in [0.05, 0.1) is 26.1 Å². The molecule has 1 aromatic carbocycles. The first-order valence-electron chi connectivity index (χ1n) is 16.9. The highest BCUT2D eigenvalue weighted by Gasteiger charge is 2.59. The number of methoxy groups -OCH3 is 2. The third-order valence-electron chi connectivity index (χ3n) is 8.23. The molecule has 2 aliphatic rings. The van der Waals surface area contributed by atoms with E-state index in [2.05, 4.69) is 0 Å². The summed E-state index contributed by atoms with van der Waals surface area (Å²) in [6.07, 6.45) is -3.65. The normalized spacial score (nSPS) is 16.7. The van der Waals surface area contributed by atoms with Crippen LogP contribution in [0.25, 0.3) is 0 Å². The van der Waals surface area contributed by atoms with Crippen molar-refractivity contribution in [3.8, 4) is 0 Å². The lowest BCUT2D eigenvalue weighted by Crippen LogP contribution is -2.49. The molecule has 3 unspecified atom stereocenters. The summed E-state index contributed by atoms with van der Waals surface area (Å²) in [7, 11) is 2.77. The Morgan fingerprint density at radius 3 is 1.73 bits per heavy atom. The number of fused-ring (bicyclic) bond motifs is 1. The zero-order chi connectivity index (χ0) is 39.2. The van der Waals surface area contributed by atoms with Crippen LogP contribution in [0.4, 0.5) is 9.59 Å². The second-order valence-electron chi connectivity index (χ2n) is 11.7. The number of amides is 4.